The second kappa shape index (κ2) is 7.72. The van der Waals surface area contributed by atoms with Crippen LogP contribution in [-0.2, 0) is 5.75 Å². The van der Waals surface area contributed by atoms with E-state index in [1.807, 2.05) is 0 Å². The minimum Gasteiger partial charge on any atom is -0.497 e. The second-order valence-corrected chi connectivity index (χ2v) is 6.50. The molecule has 128 valence electrons. The van der Waals surface area contributed by atoms with E-state index in [0.717, 1.165) is 11.3 Å². The van der Waals surface area contributed by atoms with Crippen molar-refractivity contribution in [3.8, 4) is 11.4 Å². The van der Waals surface area contributed by atoms with Crippen molar-refractivity contribution in [2.45, 2.75) is 10.8 Å². The van der Waals surface area contributed by atoms with E-state index in [0.29, 0.717) is 21.6 Å². The quantitative estimate of drug-likeness (QED) is 0.622. The van der Waals surface area contributed by atoms with E-state index in [1.165, 1.54) is 28.5 Å². The molecule has 0 N–H and O–H groups in total. The first-order chi connectivity index (χ1) is 12.1. The van der Waals surface area contributed by atoms with Crippen molar-refractivity contribution in [3.05, 3.63) is 81.6 Å². The molecule has 0 fully saturated rings. The molecule has 0 bridgehead atoms. The SMILES string of the molecule is COc1ccc(-n2ccnc(SCc3ccc(F)cc3Cl)c2=O)cc1. The zero-order valence-electron chi connectivity index (χ0n) is 13.3. The molecule has 0 spiro atoms. The molecule has 0 radical (unpaired) electrons. The van der Waals surface area contributed by atoms with Gasteiger partial charge in [-0.25, -0.2) is 9.37 Å². The van der Waals surface area contributed by atoms with Crippen molar-refractivity contribution in [1.82, 2.24) is 9.55 Å². The Balaban J connectivity index is 1.84. The summed E-state index contributed by atoms with van der Waals surface area (Å²) in [6.45, 7) is 0. The van der Waals surface area contributed by atoms with Crippen LogP contribution in [0, 0.1) is 5.82 Å². The van der Waals surface area contributed by atoms with Crippen LogP contribution in [0.2, 0.25) is 5.02 Å². The molecule has 0 atom stereocenters. The molecular formula is C18H14ClFN2O2S. The maximum Gasteiger partial charge on any atom is 0.287 e. The molecule has 0 amide bonds. The third-order valence-electron chi connectivity index (χ3n) is 3.54. The molecule has 0 saturated carbocycles. The number of hydrogen-bond acceptors (Lipinski definition) is 4. The summed E-state index contributed by atoms with van der Waals surface area (Å²) in [5, 5.41) is 0.678. The van der Waals surface area contributed by atoms with Crippen LogP contribution < -0.4 is 10.3 Å². The van der Waals surface area contributed by atoms with Gasteiger partial charge >= 0.3 is 0 Å². The fourth-order valence-electron chi connectivity index (χ4n) is 2.22. The molecule has 1 aromatic heterocycles. The van der Waals surface area contributed by atoms with Gasteiger partial charge in [0.25, 0.3) is 5.56 Å². The predicted molar refractivity (Wildman–Crippen MR) is 97.4 cm³/mol. The molecule has 1 heterocycles. The number of nitrogens with zero attached hydrogens (tertiary/aromatic N) is 2. The first-order valence-electron chi connectivity index (χ1n) is 7.37. The third-order valence-corrected chi connectivity index (χ3v) is 4.90. The Morgan fingerprint density at radius 2 is 2.00 bits per heavy atom. The lowest BCUT2D eigenvalue weighted by Gasteiger charge is -2.08. The monoisotopic (exact) mass is 376 g/mol. The lowest BCUT2D eigenvalue weighted by atomic mass is 10.2. The number of halogens is 2. The van der Waals surface area contributed by atoms with Gasteiger partial charge in [-0.1, -0.05) is 29.4 Å². The van der Waals surface area contributed by atoms with Crippen LogP contribution in [-0.4, -0.2) is 16.7 Å². The van der Waals surface area contributed by atoms with Gasteiger partial charge in [-0.15, -0.1) is 0 Å². The molecule has 4 nitrogen and oxygen atoms in total. The van der Waals surface area contributed by atoms with Crippen molar-refractivity contribution in [2.75, 3.05) is 7.11 Å². The predicted octanol–water partition coefficient (Wildman–Crippen LogP) is 4.33. The molecule has 7 heteroatoms. The molecule has 2 aromatic carbocycles. The zero-order chi connectivity index (χ0) is 17.8. The largest absolute Gasteiger partial charge is 0.497 e. The molecule has 25 heavy (non-hydrogen) atoms. The van der Waals surface area contributed by atoms with E-state index in [4.69, 9.17) is 16.3 Å². The van der Waals surface area contributed by atoms with Gasteiger partial charge < -0.3 is 4.74 Å². The van der Waals surface area contributed by atoms with Gasteiger partial charge in [-0.3, -0.25) is 9.36 Å². The molecule has 0 aliphatic rings. The van der Waals surface area contributed by atoms with Gasteiger partial charge in [0.15, 0.2) is 5.03 Å². The molecule has 0 aliphatic carbocycles. The Hall–Kier alpha value is -2.31. The molecule has 3 rings (SSSR count). The highest BCUT2D eigenvalue weighted by atomic mass is 35.5. The number of methoxy groups -OCH3 is 1. The topological polar surface area (TPSA) is 44.1 Å². The van der Waals surface area contributed by atoms with Crippen molar-refractivity contribution >= 4 is 23.4 Å². The van der Waals surface area contributed by atoms with E-state index >= 15 is 0 Å². The summed E-state index contributed by atoms with van der Waals surface area (Å²) in [5.74, 6) is 0.749. The van der Waals surface area contributed by atoms with Crippen LogP contribution in [0.1, 0.15) is 5.56 Å². The summed E-state index contributed by atoms with van der Waals surface area (Å²) in [7, 11) is 1.59. The standard InChI is InChI=1S/C18H14ClFN2O2S/c1-24-15-6-4-14(5-7-15)22-9-8-21-17(18(22)23)25-11-12-2-3-13(20)10-16(12)19/h2-10H,11H2,1H3. The number of aromatic nitrogens is 2. The van der Waals surface area contributed by atoms with Gasteiger partial charge in [0.05, 0.1) is 7.11 Å². The van der Waals surface area contributed by atoms with Crippen molar-refractivity contribution in [1.29, 1.82) is 0 Å². The van der Waals surface area contributed by atoms with Crippen LogP contribution in [0.15, 0.2) is 64.7 Å². The number of ether oxygens (including phenoxy) is 1. The Labute approximate surface area is 153 Å². The lowest BCUT2D eigenvalue weighted by molar-refractivity contribution is 0.414. The Kier molecular flexibility index (Phi) is 5.40. The normalized spacial score (nSPS) is 10.7. The highest BCUT2D eigenvalue weighted by molar-refractivity contribution is 7.98. The Morgan fingerprint density at radius 1 is 1.24 bits per heavy atom. The van der Waals surface area contributed by atoms with Gasteiger partial charge in [0, 0.05) is 28.9 Å². The Morgan fingerprint density at radius 3 is 2.68 bits per heavy atom. The average Bonchev–Trinajstić information content (AvgIpc) is 2.62. The van der Waals surface area contributed by atoms with Crippen LogP contribution in [0.3, 0.4) is 0 Å². The van der Waals surface area contributed by atoms with Crippen LogP contribution in [0.25, 0.3) is 5.69 Å². The molecule has 0 saturated heterocycles. The van der Waals surface area contributed by atoms with Crippen LogP contribution >= 0.6 is 23.4 Å². The van der Waals surface area contributed by atoms with E-state index in [1.54, 1.807) is 49.8 Å². The summed E-state index contributed by atoms with van der Waals surface area (Å²) in [5.41, 5.74) is 1.24. The Bertz CT molecular complexity index is 945. The molecule has 0 aliphatic heterocycles. The fraction of sp³-hybridized carbons (Fsp3) is 0.111. The second-order valence-electron chi connectivity index (χ2n) is 5.13. The van der Waals surface area contributed by atoms with Crippen molar-refractivity contribution < 1.29 is 9.13 Å². The molecule has 0 unspecified atom stereocenters. The lowest BCUT2D eigenvalue weighted by Crippen LogP contribution is -2.20. The van der Waals surface area contributed by atoms with Crippen LogP contribution in [0.5, 0.6) is 5.75 Å². The van der Waals surface area contributed by atoms with E-state index in [2.05, 4.69) is 4.98 Å². The first kappa shape index (κ1) is 17.5. The third kappa shape index (κ3) is 4.03. The smallest absolute Gasteiger partial charge is 0.287 e. The summed E-state index contributed by atoms with van der Waals surface area (Å²) >= 11 is 7.28. The number of benzene rings is 2. The van der Waals surface area contributed by atoms with E-state index in [-0.39, 0.29) is 5.56 Å². The maximum absolute atomic E-state index is 13.1. The number of rotatable bonds is 5. The molecular weight excluding hydrogens is 363 g/mol. The zero-order valence-corrected chi connectivity index (χ0v) is 14.9. The summed E-state index contributed by atoms with van der Waals surface area (Å²) in [6.07, 6.45) is 3.18. The van der Waals surface area contributed by atoms with Crippen LogP contribution in [0.4, 0.5) is 4.39 Å². The van der Waals surface area contributed by atoms with E-state index in [9.17, 15) is 9.18 Å². The van der Waals surface area contributed by atoms with Gasteiger partial charge in [0.1, 0.15) is 11.6 Å². The summed E-state index contributed by atoms with van der Waals surface area (Å²) in [6, 6.07) is 11.4. The maximum atomic E-state index is 13.1. The van der Waals surface area contributed by atoms with Crippen molar-refractivity contribution in [3.63, 3.8) is 0 Å². The summed E-state index contributed by atoms with van der Waals surface area (Å²) in [4.78, 5) is 16.8. The van der Waals surface area contributed by atoms with E-state index < -0.39 is 5.82 Å². The first-order valence-corrected chi connectivity index (χ1v) is 8.73. The summed E-state index contributed by atoms with van der Waals surface area (Å²) < 4.78 is 19.7. The number of thioether (sulfide) groups is 1. The molecule has 3 aromatic rings. The fourth-order valence-corrected chi connectivity index (χ4v) is 3.44. The minimum atomic E-state index is -0.390. The minimum absolute atomic E-state index is 0.226. The average molecular weight is 377 g/mol. The highest BCUT2D eigenvalue weighted by Crippen LogP contribution is 2.25. The highest BCUT2D eigenvalue weighted by Gasteiger charge is 2.09. The van der Waals surface area contributed by atoms with Gasteiger partial charge in [-0.2, -0.15) is 0 Å². The van der Waals surface area contributed by atoms with Gasteiger partial charge in [0.2, 0.25) is 0 Å². The number of hydrogen-bond donors (Lipinski definition) is 0. The van der Waals surface area contributed by atoms with Crippen molar-refractivity contribution in [2.24, 2.45) is 0 Å². The van der Waals surface area contributed by atoms with Gasteiger partial charge in [-0.05, 0) is 42.0 Å².